The second kappa shape index (κ2) is 6.88. The lowest BCUT2D eigenvalue weighted by molar-refractivity contribution is -0.119. The average molecular weight is 352 g/mol. The van der Waals surface area contributed by atoms with Crippen LogP contribution >= 0.6 is 11.8 Å². The highest BCUT2D eigenvalue weighted by Crippen LogP contribution is 2.38. The Morgan fingerprint density at radius 2 is 2.17 bits per heavy atom. The van der Waals surface area contributed by atoms with Gasteiger partial charge < -0.3 is 9.88 Å². The van der Waals surface area contributed by atoms with Crippen LogP contribution in [0, 0.1) is 18.6 Å². The molecule has 1 amide bonds. The van der Waals surface area contributed by atoms with E-state index in [2.05, 4.69) is 20.1 Å². The van der Waals surface area contributed by atoms with Crippen molar-refractivity contribution in [2.24, 2.45) is 0 Å². The average Bonchev–Trinajstić information content (AvgIpc) is 3.28. The third kappa shape index (κ3) is 3.75. The monoisotopic (exact) mass is 352 g/mol. The molecule has 24 heavy (non-hydrogen) atoms. The van der Waals surface area contributed by atoms with Gasteiger partial charge in [0.05, 0.1) is 11.8 Å². The third-order valence-corrected chi connectivity index (χ3v) is 4.83. The normalized spacial score (nSPS) is 15.3. The van der Waals surface area contributed by atoms with Gasteiger partial charge >= 0.3 is 0 Å². The number of nitrogens with one attached hydrogen (secondary N) is 1. The summed E-state index contributed by atoms with van der Waals surface area (Å²) in [5.41, 5.74) is 0.256. The lowest BCUT2D eigenvalue weighted by Crippen LogP contribution is -2.28. The van der Waals surface area contributed by atoms with Crippen LogP contribution in [0.1, 0.15) is 43.2 Å². The molecule has 0 saturated heterocycles. The molecular weight excluding hydrogens is 334 g/mol. The Bertz CT molecular complexity index is 761. The standard InChI is InChI=1S/C16H18F2N4OS/c1-9(13-6-3-11(17)7-14(13)18)19-15(23)8-24-16-21-20-10(2)22(16)12-4-5-12/h3,6-7,9,12H,4-5,8H2,1-2H3,(H,19,23)/t9-/m1/s1. The lowest BCUT2D eigenvalue weighted by atomic mass is 10.1. The molecule has 2 aromatic rings. The zero-order valence-corrected chi connectivity index (χ0v) is 14.2. The van der Waals surface area contributed by atoms with E-state index < -0.39 is 17.7 Å². The van der Waals surface area contributed by atoms with Crippen LogP contribution in [0.25, 0.3) is 0 Å². The molecule has 1 fully saturated rings. The Hall–Kier alpha value is -1.96. The SMILES string of the molecule is Cc1nnc(SCC(=O)N[C@H](C)c2ccc(F)cc2F)n1C1CC1. The molecule has 5 nitrogen and oxygen atoms in total. The van der Waals surface area contributed by atoms with Crippen LogP contribution in [0.2, 0.25) is 0 Å². The van der Waals surface area contributed by atoms with E-state index >= 15 is 0 Å². The second-order valence-electron chi connectivity index (χ2n) is 5.87. The van der Waals surface area contributed by atoms with Crippen LogP contribution in [-0.4, -0.2) is 26.4 Å². The van der Waals surface area contributed by atoms with Gasteiger partial charge in [-0.3, -0.25) is 4.79 Å². The van der Waals surface area contributed by atoms with Crippen molar-refractivity contribution in [3.05, 3.63) is 41.2 Å². The number of halogens is 2. The van der Waals surface area contributed by atoms with Gasteiger partial charge in [0.15, 0.2) is 5.16 Å². The van der Waals surface area contributed by atoms with Crippen LogP contribution in [-0.2, 0) is 4.79 Å². The van der Waals surface area contributed by atoms with Crippen molar-refractivity contribution in [1.29, 1.82) is 0 Å². The highest BCUT2D eigenvalue weighted by molar-refractivity contribution is 7.99. The molecule has 128 valence electrons. The van der Waals surface area contributed by atoms with Crippen molar-refractivity contribution >= 4 is 17.7 Å². The number of hydrogen-bond donors (Lipinski definition) is 1. The number of benzene rings is 1. The number of thioether (sulfide) groups is 1. The fourth-order valence-electron chi connectivity index (χ4n) is 2.55. The summed E-state index contributed by atoms with van der Waals surface area (Å²) in [6, 6.07) is 3.24. The van der Waals surface area contributed by atoms with Crippen molar-refractivity contribution in [3.63, 3.8) is 0 Å². The molecule has 1 aliphatic rings. The quantitative estimate of drug-likeness (QED) is 0.811. The van der Waals surface area contributed by atoms with E-state index in [1.54, 1.807) is 6.92 Å². The molecule has 1 atom stereocenters. The predicted molar refractivity (Wildman–Crippen MR) is 86.7 cm³/mol. The summed E-state index contributed by atoms with van der Waals surface area (Å²) in [5, 5.41) is 11.6. The van der Waals surface area contributed by atoms with Crippen LogP contribution in [0.15, 0.2) is 23.4 Å². The van der Waals surface area contributed by atoms with E-state index in [1.807, 2.05) is 6.92 Å². The van der Waals surface area contributed by atoms with E-state index in [0.29, 0.717) is 6.04 Å². The van der Waals surface area contributed by atoms with Crippen molar-refractivity contribution in [2.45, 2.75) is 43.9 Å². The highest BCUT2D eigenvalue weighted by Gasteiger charge is 2.28. The molecule has 0 radical (unpaired) electrons. The van der Waals surface area contributed by atoms with Gasteiger partial charge in [-0.1, -0.05) is 17.8 Å². The van der Waals surface area contributed by atoms with Gasteiger partial charge in [-0.05, 0) is 32.8 Å². The summed E-state index contributed by atoms with van der Waals surface area (Å²) in [6.07, 6.45) is 2.22. The summed E-state index contributed by atoms with van der Waals surface area (Å²) in [6.45, 7) is 3.56. The third-order valence-electron chi connectivity index (χ3n) is 3.89. The summed E-state index contributed by atoms with van der Waals surface area (Å²) in [7, 11) is 0. The first-order valence-corrected chi connectivity index (χ1v) is 8.73. The number of hydrogen-bond acceptors (Lipinski definition) is 4. The topological polar surface area (TPSA) is 59.8 Å². The summed E-state index contributed by atoms with van der Waals surface area (Å²) < 4.78 is 28.7. The smallest absolute Gasteiger partial charge is 0.230 e. The number of aromatic nitrogens is 3. The Morgan fingerprint density at radius 3 is 2.83 bits per heavy atom. The molecule has 1 N–H and O–H groups in total. The summed E-state index contributed by atoms with van der Waals surface area (Å²) in [5.74, 6) is -0.529. The molecule has 0 unspecified atom stereocenters. The molecule has 1 aromatic heterocycles. The molecule has 8 heteroatoms. The maximum atomic E-state index is 13.7. The molecule has 0 spiro atoms. The maximum Gasteiger partial charge on any atom is 0.230 e. The van der Waals surface area contributed by atoms with Gasteiger partial charge in [0.2, 0.25) is 5.91 Å². The molecule has 3 rings (SSSR count). The van der Waals surface area contributed by atoms with Crippen LogP contribution in [0.5, 0.6) is 0 Å². The molecule has 1 heterocycles. The van der Waals surface area contributed by atoms with E-state index in [4.69, 9.17) is 0 Å². The van der Waals surface area contributed by atoms with Gasteiger partial charge in [0.25, 0.3) is 0 Å². The predicted octanol–water partition coefficient (Wildman–Crippen LogP) is 3.17. The van der Waals surface area contributed by atoms with E-state index in [1.165, 1.54) is 23.9 Å². The maximum absolute atomic E-state index is 13.7. The zero-order valence-electron chi connectivity index (χ0n) is 13.4. The van der Waals surface area contributed by atoms with Crippen LogP contribution in [0.3, 0.4) is 0 Å². The molecular formula is C16H18F2N4OS. The molecule has 1 aromatic carbocycles. The Kier molecular flexibility index (Phi) is 4.84. The van der Waals surface area contributed by atoms with Crippen molar-refractivity contribution in [3.8, 4) is 0 Å². The number of aryl methyl sites for hydroxylation is 1. The largest absolute Gasteiger partial charge is 0.349 e. The van der Waals surface area contributed by atoms with Gasteiger partial charge in [-0.15, -0.1) is 10.2 Å². The zero-order chi connectivity index (χ0) is 17.3. The first-order chi connectivity index (χ1) is 11.5. The number of carbonyl (C=O) groups is 1. The molecule has 1 aliphatic carbocycles. The Labute approximate surface area is 142 Å². The van der Waals surface area contributed by atoms with Crippen molar-refractivity contribution in [1.82, 2.24) is 20.1 Å². The van der Waals surface area contributed by atoms with Gasteiger partial charge in [0.1, 0.15) is 17.5 Å². The highest BCUT2D eigenvalue weighted by atomic mass is 32.2. The van der Waals surface area contributed by atoms with Gasteiger partial charge in [-0.2, -0.15) is 0 Å². The minimum atomic E-state index is -0.667. The first-order valence-electron chi connectivity index (χ1n) is 7.74. The van der Waals surface area contributed by atoms with Gasteiger partial charge in [-0.25, -0.2) is 8.78 Å². The number of carbonyl (C=O) groups excluding carboxylic acids is 1. The number of amides is 1. The number of rotatable bonds is 6. The first kappa shape index (κ1) is 16.9. The minimum Gasteiger partial charge on any atom is -0.349 e. The van der Waals surface area contributed by atoms with E-state index in [0.717, 1.165) is 29.9 Å². The second-order valence-corrected chi connectivity index (χ2v) is 6.82. The van der Waals surface area contributed by atoms with Gasteiger partial charge in [0, 0.05) is 17.7 Å². The fourth-order valence-corrected chi connectivity index (χ4v) is 3.41. The van der Waals surface area contributed by atoms with Crippen LogP contribution < -0.4 is 5.32 Å². The fraction of sp³-hybridized carbons (Fsp3) is 0.438. The molecule has 0 aliphatic heterocycles. The lowest BCUT2D eigenvalue weighted by Gasteiger charge is -2.15. The van der Waals surface area contributed by atoms with E-state index in [-0.39, 0.29) is 17.2 Å². The number of nitrogens with zero attached hydrogens (tertiary/aromatic N) is 3. The molecule has 1 saturated carbocycles. The van der Waals surface area contributed by atoms with E-state index in [9.17, 15) is 13.6 Å². The Balaban J connectivity index is 1.58. The van der Waals surface area contributed by atoms with Crippen LogP contribution in [0.4, 0.5) is 8.78 Å². The summed E-state index contributed by atoms with van der Waals surface area (Å²) >= 11 is 1.31. The minimum absolute atomic E-state index is 0.165. The van der Waals surface area contributed by atoms with Crippen molar-refractivity contribution < 1.29 is 13.6 Å². The molecule has 0 bridgehead atoms. The Morgan fingerprint density at radius 1 is 1.42 bits per heavy atom. The van der Waals surface area contributed by atoms with Crippen molar-refractivity contribution in [2.75, 3.05) is 5.75 Å². The summed E-state index contributed by atoms with van der Waals surface area (Å²) in [4.78, 5) is 12.1.